The van der Waals surface area contributed by atoms with Crippen molar-refractivity contribution < 1.29 is 12.8 Å². The van der Waals surface area contributed by atoms with E-state index >= 15 is 0 Å². The lowest BCUT2D eigenvalue weighted by Gasteiger charge is -2.20. The molecule has 1 rings (SSSR count). The maximum Gasteiger partial charge on any atom is 0.211 e. The Morgan fingerprint density at radius 3 is 2.57 bits per heavy atom. The van der Waals surface area contributed by atoms with Gasteiger partial charge in [0.25, 0.3) is 0 Å². The van der Waals surface area contributed by atoms with Crippen LogP contribution >= 0.6 is 0 Å². The highest BCUT2D eigenvalue weighted by Crippen LogP contribution is 2.17. The van der Waals surface area contributed by atoms with Crippen LogP contribution in [0.3, 0.4) is 0 Å². The molecule has 0 heterocycles. The minimum atomic E-state index is -3.12. The molecule has 1 atom stereocenters. The van der Waals surface area contributed by atoms with E-state index in [0.717, 1.165) is 18.4 Å². The molecule has 0 fully saturated rings. The molecular formula is C15H25FN2O2S. The minimum absolute atomic E-state index is 0.0917. The van der Waals surface area contributed by atoms with Crippen LogP contribution in [0.4, 0.5) is 4.39 Å². The van der Waals surface area contributed by atoms with E-state index in [1.54, 1.807) is 6.07 Å². The maximum absolute atomic E-state index is 13.2. The SMILES string of the molecule is CCC(NCCCN(CC)S(C)(=O)=O)c1cccc(F)c1. The largest absolute Gasteiger partial charge is 0.310 e. The van der Waals surface area contributed by atoms with Crippen molar-refractivity contribution >= 4 is 10.0 Å². The Labute approximate surface area is 127 Å². The third kappa shape index (κ3) is 6.11. The highest BCUT2D eigenvalue weighted by atomic mass is 32.2. The van der Waals surface area contributed by atoms with Gasteiger partial charge in [0, 0.05) is 19.1 Å². The first-order valence-electron chi connectivity index (χ1n) is 7.32. The smallest absolute Gasteiger partial charge is 0.211 e. The van der Waals surface area contributed by atoms with Crippen LogP contribution in [0.25, 0.3) is 0 Å². The summed E-state index contributed by atoms with van der Waals surface area (Å²) in [5, 5.41) is 3.36. The van der Waals surface area contributed by atoms with Crippen molar-refractivity contribution in [3.8, 4) is 0 Å². The topological polar surface area (TPSA) is 49.4 Å². The number of nitrogens with one attached hydrogen (secondary N) is 1. The normalized spacial score (nSPS) is 13.6. The van der Waals surface area contributed by atoms with Crippen LogP contribution in [-0.4, -0.2) is 38.6 Å². The van der Waals surface area contributed by atoms with Crippen molar-refractivity contribution in [3.63, 3.8) is 0 Å². The average molecular weight is 316 g/mol. The van der Waals surface area contributed by atoms with E-state index < -0.39 is 10.0 Å². The van der Waals surface area contributed by atoms with E-state index in [0.29, 0.717) is 19.6 Å². The summed E-state index contributed by atoms with van der Waals surface area (Å²) in [5.74, 6) is -0.234. The molecule has 120 valence electrons. The first-order valence-corrected chi connectivity index (χ1v) is 9.17. The Morgan fingerprint density at radius 1 is 1.33 bits per heavy atom. The monoisotopic (exact) mass is 316 g/mol. The molecule has 1 aromatic rings. The zero-order valence-corrected chi connectivity index (χ0v) is 13.8. The van der Waals surface area contributed by atoms with Crippen molar-refractivity contribution in [2.24, 2.45) is 0 Å². The van der Waals surface area contributed by atoms with Crippen molar-refractivity contribution in [1.82, 2.24) is 9.62 Å². The van der Waals surface area contributed by atoms with E-state index in [4.69, 9.17) is 0 Å². The second-order valence-corrected chi connectivity index (χ2v) is 7.06. The fourth-order valence-electron chi connectivity index (χ4n) is 2.31. The molecule has 0 radical (unpaired) electrons. The number of hydrogen-bond acceptors (Lipinski definition) is 3. The summed E-state index contributed by atoms with van der Waals surface area (Å²) in [6, 6.07) is 6.67. The zero-order valence-electron chi connectivity index (χ0n) is 13.0. The Kier molecular flexibility index (Phi) is 7.28. The second kappa shape index (κ2) is 8.46. The first-order chi connectivity index (χ1) is 9.88. The lowest BCUT2D eigenvalue weighted by Crippen LogP contribution is -2.33. The van der Waals surface area contributed by atoms with Gasteiger partial charge in [-0.3, -0.25) is 0 Å². The molecule has 0 saturated carbocycles. The van der Waals surface area contributed by atoms with Crippen molar-refractivity contribution in [3.05, 3.63) is 35.6 Å². The van der Waals surface area contributed by atoms with Gasteiger partial charge in [0.2, 0.25) is 10.0 Å². The molecular weight excluding hydrogens is 291 g/mol. The summed E-state index contributed by atoms with van der Waals surface area (Å²) in [7, 11) is -3.12. The quantitative estimate of drug-likeness (QED) is 0.712. The van der Waals surface area contributed by atoms with Gasteiger partial charge in [-0.15, -0.1) is 0 Å². The van der Waals surface area contributed by atoms with Crippen LogP contribution in [-0.2, 0) is 10.0 Å². The average Bonchev–Trinajstić information content (AvgIpc) is 2.41. The summed E-state index contributed by atoms with van der Waals surface area (Å²) in [5.41, 5.74) is 0.924. The molecule has 0 spiro atoms. The van der Waals surface area contributed by atoms with Gasteiger partial charge in [-0.25, -0.2) is 17.1 Å². The van der Waals surface area contributed by atoms with E-state index in [-0.39, 0.29) is 11.9 Å². The number of hydrogen-bond donors (Lipinski definition) is 1. The predicted molar refractivity (Wildman–Crippen MR) is 84.1 cm³/mol. The molecule has 21 heavy (non-hydrogen) atoms. The molecule has 0 aliphatic heterocycles. The van der Waals surface area contributed by atoms with Gasteiger partial charge in [0.15, 0.2) is 0 Å². The molecule has 0 aliphatic carbocycles. The predicted octanol–water partition coefficient (Wildman–Crippen LogP) is 2.54. The van der Waals surface area contributed by atoms with Crippen LogP contribution in [0.15, 0.2) is 24.3 Å². The molecule has 1 unspecified atom stereocenters. The summed E-state index contributed by atoms with van der Waals surface area (Å²) in [6.45, 7) is 5.55. The second-order valence-electron chi connectivity index (χ2n) is 5.08. The van der Waals surface area contributed by atoms with Crippen LogP contribution in [0, 0.1) is 5.82 Å². The van der Waals surface area contributed by atoms with E-state index in [2.05, 4.69) is 5.32 Å². The van der Waals surface area contributed by atoms with Gasteiger partial charge in [-0.05, 0) is 37.1 Å². The maximum atomic E-state index is 13.2. The number of benzene rings is 1. The van der Waals surface area contributed by atoms with Crippen molar-refractivity contribution in [2.45, 2.75) is 32.7 Å². The summed E-state index contributed by atoms with van der Waals surface area (Å²) in [6.07, 6.45) is 2.81. The van der Waals surface area contributed by atoms with Gasteiger partial charge in [-0.2, -0.15) is 0 Å². The molecule has 1 N–H and O–H groups in total. The highest BCUT2D eigenvalue weighted by molar-refractivity contribution is 7.88. The van der Waals surface area contributed by atoms with Crippen LogP contribution in [0.1, 0.15) is 38.3 Å². The highest BCUT2D eigenvalue weighted by Gasteiger charge is 2.14. The van der Waals surface area contributed by atoms with Crippen molar-refractivity contribution in [1.29, 1.82) is 0 Å². The molecule has 0 amide bonds. The molecule has 0 aromatic heterocycles. The van der Waals surface area contributed by atoms with Crippen LogP contribution < -0.4 is 5.32 Å². The van der Waals surface area contributed by atoms with Gasteiger partial charge < -0.3 is 5.32 Å². The molecule has 4 nitrogen and oxygen atoms in total. The standard InChI is InChI=1S/C15H25FN2O2S/c1-4-15(13-8-6-9-14(16)12-13)17-10-7-11-18(5-2)21(3,19)20/h6,8-9,12,15,17H,4-5,7,10-11H2,1-3H3. The first kappa shape index (κ1) is 18.1. The zero-order chi connectivity index (χ0) is 15.9. The Balaban J connectivity index is 2.46. The third-order valence-corrected chi connectivity index (χ3v) is 4.83. The Hall–Kier alpha value is -0.980. The van der Waals surface area contributed by atoms with E-state index in [1.807, 2.05) is 19.9 Å². The number of nitrogens with zero attached hydrogens (tertiary/aromatic N) is 1. The van der Waals surface area contributed by atoms with Gasteiger partial charge in [0.05, 0.1) is 6.26 Å². The molecule has 6 heteroatoms. The number of sulfonamides is 1. The Morgan fingerprint density at radius 2 is 2.05 bits per heavy atom. The number of halogens is 1. The lowest BCUT2D eigenvalue weighted by molar-refractivity contribution is 0.408. The summed E-state index contributed by atoms with van der Waals surface area (Å²) < 4.78 is 37.6. The van der Waals surface area contributed by atoms with Crippen molar-refractivity contribution in [2.75, 3.05) is 25.9 Å². The molecule has 0 bridgehead atoms. The summed E-state index contributed by atoms with van der Waals surface area (Å²) >= 11 is 0. The summed E-state index contributed by atoms with van der Waals surface area (Å²) in [4.78, 5) is 0. The third-order valence-electron chi connectivity index (χ3n) is 3.46. The lowest BCUT2D eigenvalue weighted by atomic mass is 10.0. The molecule has 1 aromatic carbocycles. The van der Waals surface area contributed by atoms with Crippen LogP contribution in [0.2, 0.25) is 0 Å². The fourth-order valence-corrected chi connectivity index (χ4v) is 3.24. The minimum Gasteiger partial charge on any atom is -0.310 e. The van der Waals surface area contributed by atoms with Gasteiger partial charge in [0.1, 0.15) is 5.82 Å². The molecule has 0 saturated heterocycles. The van der Waals surface area contributed by atoms with E-state index in [9.17, 15) is 12.8 Å². The molecule has 0 aliphatic rings. The Bertz CT molecular complexity index is 534. The van der Waals surface area contributed by atoms with Crippen LogP contribution in [0.5, 0.6) is 0 Å². The van der Waals surface area contributed by atoms with Gasteiger partial charge >= 0.3 is 0 Å². The fraction of sp³-hybridized carbons (Fsp3) is 0.600. The van der Waals surface area contributed by atoms with Gasteiger partial charge in [-0.1, -0.05) is 26.0 Å². The van der Waals surface area contributed by atoms with E-state index in [1.165, 1.54) is 22.7 Å². The number of rotatable bonds is 9.